The molecule has 0 atom stereocenters. The van der Waals surface area contributed by atoms with E-state index in [2.05, 4.69) is 25.1 Å². The van der Waals surface area contributed by atoms with Crippen LogP contribution in [0.1, 0.15) is 43.8 Å². The van der Waals surface area contributed by atoms with Gasteiger partial charge in [-0.3, -0.25) is 9.89 Å². The van der Waals surface area contributed by atoms with Crippen LogP contribution in [0, 0.1) is 5.92 Å². The number of aromatic nitrogens is 5. The number of furan rings is 1. The first-order valence-electron chi connectivity index (χ1n) is 9.84. The number of hydrogen-bond donors (Lipinski definition) is 2. The van der Waals surface area contributed by atoms with Crippen LogP contribution in [0.5, 0.6) is 0 Å². The van der Waals surface area contributed by atoms with Crippen molar-refractivity contribution in [1.29, 1.82) is 0 Å². The summed E-state index contributed by atoms with van der Waals surface area (Å²) in [6, 6.07) is 3.66. The van der Waals surface area contributed by atoms with Gasteiger partial charge in [0.1, 0.15) is 22.2 Å². The van der Waals surface area contributed by atoms with E-state index in [-0.39, 0.29) is 5.56 Å². The Kier molecular flexibility index (Phi) is 5.24. The fraction of sp³-hybridized carbons (Fsp3) is 0.400. The van der Waals surface area contributed by atoms with E-state index in [0.29, 0.717) is 32.7 Å². The summed E-state index contributed by atoms with van der Waals surface area (Å²) in [5.41, 5.74) is 0.634. The second-order valence-corrected chi connectivity index (χ2v) is 9.16. The third-order valence-electron chi connectivity index (χ3n) is 5.39. The average molecular weight is 428 g/mol. The summed E-state index contributed by atoms with van der Waals surface area (Å²) in [5, 5.41) is 10.5. The smallest absolute Gasteiger partial charge is 0.260 e. The lowest BCUT2D eigenvalue weighted by atomic mass is 10.0. The number of nitrogens with one attached hydrogen (secondary N) is 2. The molecule has 0 radical (unpaired) electrons. The van der Waals surface area contributed by atoms with Crippen molar-refractivity contribution in [3.8, 4) is 11.3 Å². The van der Waals surface area contributed by atoms with E-state index >= 15 is 0 Å². The van der Waals surface area contributed by atoms with Gasteiger partial charge in [-0.2, -0.15) is 0 Å². The molecule has 2 N–H and O–H groups in total. The van der Waals surface area contributed by atoms with Gasteiger partial charge in [-0.25, -0.2) is 9.97 Å². The molecule has 4 aromatic rings. The maximum absolute atomic E-state index is 12.6. The Hall–Kier alpha value is -2.39. The van der Waals surface area contributed by atoms with Crippen molar-refractivity contribution < 1.29 is 4.42 Å². The van der Waals surface area contributed by atoms with Crippen LogP contribution in [0.3, 0.4) is 0 Å². The number of thioether (sulfide) groups is 1. The quantitative estimate of drug-likeness (QED) is 0.412. The van der Waals surface area contributed by atoms with Gasteiger partial charge in [-0.05, 0) is 24.5 Å². The largest absolute Gasteiger partial charge is 0.464 e. The molecule has 1 aliphatic carbocycles. The minimum absolute atomic E-state index is 0.148. The Balaban J connectivity index is 1.26. The summed E-state index contributed by atoms with van der Waals surface area (Å²) >= 11 is 2.92. The molecule has 0 bridgehead atoms. The number of aryl methyl sites for hydroxylation is 1. The first-order valence-corrected chi connectivity index (χ1v) is 11.7. The molecule has 0 spiro atoms. The number of rotatable bonds is 7. The van der Waals surface area contributed by atoms with E-state index in [0.717, 1.165) is 23.7 Å². The van der Waals surface area contributed by atoms with E-state index in [4.69, 9.17) is 4.42 Å². The van der Waals surface area contributed by atoms with Crippen molar-refractivity contribution in [3.05, 3.63) is 45.8 Å². The maximum atomic E-state index is 12.6. The van der Waals surface area contributed by atoms with Gasteiger partial charge in [0.05, 0.1) is 17.4 Å². The first kappa shape index (κ1) is 18.6. The van der Waals surface area contributed by atoms with Crippen molar-refractivity contribution in [2.24, 2.45) is 5.92 Å². The van der Waals surface area contributed by atoms with Crippen LogP contribution in [0.2, 0.25) is 0 Å². The normalized spacial score (nSPS) is 14.9. The standard InChI is InChI=1S/C20H21N5O2S2/c26-18-17-13(14-6-3-9-27-14)10-28-19(17)22-16(21-18)11-29-20-23-15(24-25-20)8-7-12-4-1-2-5-12/h3,6,9-10,12H,1-2,4-5,7-8,11H2,(H,21,22,26)(H,23,24,25). The van der Waals surface area contributed by atoms with E-state index in [1.54, 1.807) is 6.26 Å². The molecule has 1 fully saturated rings. The molecular formula is C20H21N5O2S2. The monoisotopic (exact) mass is 427 g/mol. The van der Waals surface area contributed by atoms with E-state index in [1.807, 2.05) is 17.5 Å². The zero-order valence-electron chi connectivity index (χ0n) is 15.8. The van der Waals surface area contributed by atoms with Crippen LogP contribution in [0.4, 0.5) is 0 Å². The highest BCUT2D eigenvalue weighted by Gasteiger charge is 2.17. The molecule has 150 valence electrons. The van der Waals surface area contributed by atoms with Gasteiger partial charge in [0.2, 0.25) is 5.16 Å². The fourth-order valence-corrected chi connectivity index (χ4v) is 5.54. The van der Waals surface area contributed by atoms with Crippen LogP contribution < -0.4 is 5.56 Å². The first-order chi connectivity index (χ1) is 14.3. The third-order valence-corrected chi connectivity index (χ3v) is 7.12. The Morgan fingerprint density at radius 1 is 1.24 bits per heavy atom. The maximum Gasteiger partial charge on any atom is 0.260 e. The molecule has 0 amide bonds. The predicted octanol–water partition coefficient (Wildman–Crippen LogP) is 4.78. The summed E-state index contributed by atoms with van der Waals surface area (Å²) in [5.74, 6) is 3.60. The Labute approximate surface area is 175 Å². The molecule has 0 aromatic carbocycles. The molecule has 1 saturated carbocycles. The van der Waals surface area contributed by atoms with Gasteiger partial charge in [0, 0.05) is 17.4 Å². The molecule has 5 rings (SSSR count). The molecule has 4 heterocycles. The van der Waals surface area contributed by atoms with Gasteiger partial charge >= 0.3 is 0 Å². The van der Waals surface area contributed by atoms with Gasteiger partial charge in [0.15, 0.2) is 0 Å². The summed E-state index contributed by atoms with van der Waals surface area (Å²) in [6.45, 7) is 0. The van der Waals surface area contributed by atoms with Gasteiger partial charge < -0.3 is 9.40 Å². The van der Waals surface area contributed by atoms with Crippen LogP contribution in [0.25, 0.3) is 21.5 Å². The van der Waals surface area contributed by atoms with Crippen molar-refractivity contribution in [1.82, 2.24) is 25.1 Å². The highest BCUT2D eigenvalue weighted by Crippen LogP contribution is 2.31. The van der Waals surface area contributed by atoms with E-state index in [9.17, 15) is 4.79 Å². The number of thiophene rings is 1. The zero-order valence-corrected chi connectivity index (χ0v) is 17.4. The van der Waals surface area contributed by atoms with E-state index < -0.39 is 0 Å². The minimum Gasteiger partial charge on any atom is -0.464 e. The highest BCUT2D eigenvalue weighted by atomic mass is 32.2. The summed E-state index contributed by atoms with van der Waals surface area (Å²) in [4.78, 5) is 25.4. The van der Waals surface area contributed by atoms with Gasteiger partial charge in [-0.1, -0.05) is 37.4 Å². The fourth-order valence-electron chi connectivity index (χ4n) is 3.90. The molecule has 7 nitrogen and oxygen atoms in total. The molecule has 1 aliphatic rings. The SMILES string of the molecule is O=c1[nH]c(CSc2n[nH]c(CCC3CCCC3)n2)nc2scc(-c3ccco3)c12. The molecule has 4 aromatic heterocycles. The van der Waals surface area contributed by atoms with Crippen molar-refractivity contribution in [3.63, 3.8) is 0 Å². The lowest BCUT2D eigenvalue weighted by Gasteiger charge is -2.05. The number of H-pyrrole nitrogens is 2. The van der Waals surface area contributed by atoms with Crippen LogP contribution in [-0.4, -0.2) is 25.1 Å². The summed E-state index contributed by atoms with van der Waals surface area (Å²) < 4.78 is 5.43. The Morgan fingerprint density at radius 2 is 2.14 bits per heavy atom. The number of hydrogen-bond acceptors (Lipinski definition) is 7. The number of fused-ring (bicyclic) bond motifs is 1. The highest BCUT2D eigenvalue weighted by molar-refractivity contribution is 7.98. The van der Waals surface area contributed by atoms with Crippen molar-refractivity contribution >= 4 is 33.3 Å². The van der Waals surface area contributed by atoms with Gasteiger partial charge in [0.25, 0.3) is 5.56 Å². The Morgan fingerprint density at radius 3 is 2.97 bits per heavy atom. The topological polar surface area (TPSA) is 100 Å². The van der Waals surface area contributed by atoms with Gasteiger partial charge in [-0.15, -0.1) is 16.4 Å². The number of aromatic amines is 2. The Bertz CT molecular complexity index is 1160. The summed E-state index contributed by atoms with van der Waals surface area (Å²) in [6.07, 6.45) is 9.16. The van der Waals surface area contributed by atoms with Crippen LogP contribution in [-0.2, 0) is 12.2 Å². The lowest BCUT2D eigenvalue weighted by molar-refractivity contribution is 0.497. The van der Waals surface area contributed by atoms with Crippen molar-refractivity contribution in [2.45, 2.75) is 49.4 Å². The average Bonchev–Trinajstić information content (AvgIpc) is 3.52. The predicted molar refractivity (Wildman–Crippen MR) is 114 cm³/mol. The third kappa shape index (κ3) is 4.02. The molecular weight excluding hydrogens is 406 g/mol. The zero-order chi connectivity index (χ0) is 19.6. The van der Waals surface area contributed by atoms with Crippen LogP contribution >= 0.6 is 23.1 Å². The van der Waals surface area contributed by atoms with Crippen molar-refractivity contribution in [2.75, 3.05) is 0 Å². The second kappa shape index (κ2) is 8.16. The lowest BCUT2D eigenvalue weighted by Crippen LogP contribution is -2.10. The van der Waals surface area contributed by atoms with Crippen LogP contribution in [0.15, 0.2) is 38.1 Å². The molecule has 0 aliphatic heterocycles. The van der Waals surface area contributed by atoms with E-state index in [1.165, 1.54) is 55.2 Å². The number of nitrogens with zero attached hydrogens (tertiary/aromatic N) is 3. The second-order valence-electron chi connectivity index (χ2n) is 7.36. The molecule has 0 saturated heterocycles. The summed E-state index contributed by atoms with van der Waals surface area (Å²) in [7, 11) is 0. The minimum atomic E-state index is -0.148. The molecule has 0 unspecified atom stereocenters. The molecule has 29 heavy (non-hydrogen) atoms. The molecule has 9 heteroatoms.